The number of hydrogen-bond acceptors (Lipinski definition) is 4. The maximum absolute atomic E-state index is 5.51. The molecule has 0 radical (unpaired) electrons. The molecule has 0 saturated carbocycles. The maximum Gasteiger partial charge on any atom is 0.126 e. The van der Waals surface area contributed by atoms with Crippen molar-refractivity contribution in [2.45, 2.75) is 13.5 Å². The fraction of sp³-hybridized carbons (Fsp3) is 0.154. The molecule has 4 nitrogen and oxygen atoms in total. The van der Waals surface area contributed by atoms with Gasteiger partial charge in [0.2, 0.25) is 0 Å². The molecule has 92 valence electrons. The van der Waals surface area contributed by atoms with E-state index in [4.69, 9.17) is 18.0 Å². The lowest BCUT2D eigenvalue weighted by Crippen LogP contribution is -2.10. The van der Waals surface area contributed by atoms with Crippen molar-refractivity contribution in [1.82, 2.24) is 9.97 Å². The van der Waals surface area contributed by atoms with Crippen molar-refractivity contribution in [2.75, 3.05) is 5.32 Å². The monoisotopic (exact) mass is 258 g/mol. The molecule has 0 fully saturated rings. The minimum Gasteiger partial charge on any atom is -0.389 e. The van der Waals surface area contributed by atoms with Crippen molar-refractivity contribution in [1.29, 1.82) is 0 Å². The topological polar surface area (TPSA) is 63.8 Å². The molecule has 2 heterocycles. The molecule has 0 amide bonds. The zero-order chi connectivity index (χ0) is 13.0. The Bertz CT molecular complexity index is 551. The van der Waals surface area contributed by atoms with Crippen LogP contribution in [0.4, 0.5) is 5.82 Å². The van der Waals surface area contributed by atoms with Crippen LogP contribution in [0.2, 0.25) is 0 Å². The predicted octanol–water partition coefficient (Wildman–Crippen LogP) is 2.03. The summed E-state index contributed by atoms with van der Waals surface area (Å²) in [6.07, 6.45) is 5.31. The molecule has 5 heteroatoms. The molecule has 0 spiro atoms. The van der Waals surface area contributed by atoms with Crippen LogP contribution in [-0.4, -0.2) is 15.0 Å². The average molecular weight is 258 g/mol. The zero-order valence-corrected chi connectivity index (χ0v) is 10.9. The number of aryl methyl sites for hydroxylation is 1. The first-order chi connectivity index (χ1) is 8.66. The third-order valence-electron chi connectivity index (χ3n) is 2.66. The summed E-state index contributed by atoms with van der Waals surface area (Å²) in [4.78, 5) is 8.71. The van der Waals surface area contributed by atoms with Gasteiger partial charge in [-0.3, -0.25) is 4.98 Å². The van der Waals surface area contributed by atoms with E-state index >= 15 is 0 Å². The standard InChI is InChI=1S/C13H14N4S/c1-9-4-5-15-6-11(9)8-17-12-3-2-10(7-16-12)13(14)18/h2-7H,8H2,1H3,(H2,14,18)(H,16,17). The number of hydrogen-bond donors (Lipinski definition) is 2. The molecular formula is C13H14N4S. The Morgan fingerprint density at radius 1 is 1.33 bits per heavy atom. The second-order valence-corrected chi connectivity index (χ2v) is 4.39. The first kappa shape index (κ1) is 12.4. The van der Waals surface area contributed by atoms with Crippen LogP contribution >= 0.6 is 12.2 Å². The minimum absolute atomic E-state index is 0.358. The summed E-state index contributed by atoms with van der Waals surface area (Å²) in [6.45, 7) is 2.75. The van der Waals surface area contributed by atoms with Gasteiger partial charge in [0.05, 0.1) is 0 Å². The van der Waals surface area contributed by atoms with E-state index in [-0.39, 0.29) is 0 Å². The van der Waals surface area contributed by atoms with Crippen LogP contribution in [0, 0.1) is 6.92 Å². The Morgan fingerprint density at radius 2 is 2.17 bits per heavy atom. The molecule has 0 saturated heterocycles. The van der Waals surface area contributed by atoms with Crippen LogP contribution in [0.25, 0.3) is 0 Å². The highest BCUT2D eigenvalue weighted by Crippen LogP contribution is 2.09. The SMILES string of the molecule is Cc1ccncc1CNc1ccc(C(N)=S)cn1. The van der Waals surface area contributed by atoms with Gasteiger partial charge in [0.25, 0.3) is 0 Å². The normalized spacial score (nSPS) is 10.1. The molecule has 3 N–H and O–H groups in total. The van der Waals surface area contributed by atoms with E-state index in [1.54, 1.807) is 12.4 Å². The Balaban J connectivity index is 2.02. The summed E-state index contributed by atoms with van der Waals surface area (Å²) >= 11 is 4.87. The van der Waals surface area contributed by atoms with E-state index in [0.29, 0.717) is 11.5 Å². The van der Waals surface area contributed by atoms with Gasteiger partial charge in [-0.1, -0.05) is 12.2 Å². The predicted molar refractivity (Wildman–Crippen MR) is 76.4 cm³/mol. The fourth-order valence-corrected chi connectivity index (χ4v) is 1.63. The number of pyridine rings is 2. The average Bonchev–Trinajstić information content (AvgIpc) is 2.38. The molecule has 18 heavy (non-hydrogen) atoms. The van der Waals surface area contributed by atoms with Crippen LogP contribution in [0.5, 0.6) is 0 Å². The Labute approximate surface area is 111 Å². The molecule has 0 unspecified atom stereocenters. The summed E-state index contributed by atoms with van der Waals surface area (Å²) in [5.41, 5.74) is 8.64. The van der Waals surface area contributed by atoms with Gasteiger partial charge in [0.1, 0.15) is 10.8 Å². The molecule has 2 aromatic heterocycles. The van der Waals surface area contributed by atoms with Crippen LogP contribution in [-0.2, 0) is 6.54 Å². The van der Waals surface area contributed by atoms with Gasteiger partial charge in [-0.25, -0.2) is 4.98 Å². The second kappa shape index (κ2) is 5.55. The van der Waals surface area contributed by atoms with Gasteiger partial charge < -0.3 is 11.1 Å². The van der Waals surface area contributed by atoms with Crippen LogP contribution in [0.3, 0.4) is 0 Å². The molecular weight excluding hydrogens is 244 g/mol. The number of nitrogens with two attached hydrogens (primary N) is 1. The van der Waals surface area contributed by atoms with Gasteiger partial charge in [-0.2, -0.15) is 0 Å². The van der Waals surface area contributed by atoms with Crippen molar-refractivity contribution in [3.8, 4) is 0 Å². The van der Waals surface area contributed by atoms with E-state index in [2.05, 4.69) is 22.2 Å². The summed E-state index contributed by atoms with van der Waals surface area (Å²) in [5.74, 6) is 0.790. The highest BCUT2D eigenvalue weighted by Gasteiger charge is 2.00. The number of rotatable bonds is 4. The molecule has 0 atom stereocenters. The number of nitrogens with zero attached hydrogens (tertiary/aromatic N) is 2. The van der Waals surface area contributed by atoms with Crippen molar-refractivity contribution in [2.24, 2.45) is 5.73 Å². The molecule has 0 aliphatic rings. The van der Waals surface area contributed by atoms with Gasteiger partial charge >= 0.3 is 0 Å². The summed E-state index contributed by atoms with van der Waals surface area (Å²) < 4.78 is 0. The highest BCUT2D eigenvalue weighted by molar-refractivity contribution is 7.80. The van der Waals surface area contributed by atoms with Crippen molar-refractivity contribution >= 4 is 23.0 Å². The summed E-state index contributed by atoms with van der Waals surface area (Å²) in [5, 5.41) is 3.23. The van der Waals surface area contributed by atoms with Crippen molar-refractivity contribution in [3.05, 3.63) is 53.5 Å². The molecule has 0 bridgehead atoms. The third kappa shape index (κ3) is 3.01. The van der Waals surface area contributed by atoms with Crippen molar-refractivity contribution in [3.63, 3.8) is 0 Å². The van der Waals surface area contributed by atoms with E-state index in [1.807, 2.05) is 24.4 Å². The Morgan fingerprint density at radius 3 is 2.78 bits per heavy atom. The lowest BCUT2D eigenvalue weighted by Gasteiger charge is -2.08. The molecule has 0 aliphatic carbocycles. The first-order valence-corrected chi connectivity index (χ1v) is 5.97. The lowest BCUT2D eigenvalue weighted by molar-refractivity contribution is 1.06. The molecule has 0 aromatic carbocycles. The van der Waals surface area contributed by atoms with Gasteiger partial charge in [0.15, 0.2) is 0 Å². The van der Waals surface area contributed by atoms with Crippen LogP contribution < -0.4 is 11.1 Å². The first-order valence-electron chi connectivity index (χ1n) is 5.56. The number of nitrogens with one attached hydrogen (secondary N) is 1. The molecule has 0 aliphatic heterocycles. The van der Waals surface area contributed by atoms with Gasteiger partial charge in [-0.15, -0.1) is 0 Å². The van der Waals surface area contributed by atoms with Gasteiger partial charge in [-0.05, 0) is 36.2 Å². The van der Waals surface area contributed by atoms with Crippen molar-refractivity contribution < 1.29 is 0 Å². The lowest BCUT2D eigenvalue weighted by atomic mass is 10.1. The van der Waals surface area contributed by atoms with E-state index in [9.17, 15) is 0 Å². The molecule has 2 aromatic rings. The zero-order valence-electron chi connectivity index (χ0n) is 10.1. The maximum atomic E-state index is 5.51. The van der Waals surface area contributed by atoms with E-state index in [1.165, 1.54) is 5.56 Å². The third-order valence-corrected chi connectivity index (χ3v) is 2.89. The smallest absolute Gasteiger partial charge is 0.126 e. The summed E-state index contributed by atoms with van der Waals surface area (Å²) in [7, 11) is 0. The van der Waals surface area contributed by atoms with E-state index in [0.717, 1.165) is 16.9 Å². The van der Waals surface area contributed by atoms with Crippen LogP contribution in [0.1, 0.15) is 16.7 Å². The number of anilines is 1. The largest absolute Gasteiger partial charge is 0.389 e. The minimum atomic E-state index is 0.358. The Hall–Kier alpha value is -2.01. The fourth-order valence-electron chi connectivity index (χ4n) is 1.51. The number of aromatic nitrogens is 2. The van der Waals surface area contributed by atoms with Gasteiger partial charge in [0, 0.05) is 30.7 Å². The highest BCUT2D eigenvalue weighted by atomic mass is 32.1. The Kier molecular flexibility index (Phi) is 3.84. The van der Waals surface area contributed by atoms with Crippen LogP contribution in [0.15, 0.2) is 36.8 Å². The quantitative estimate of drug-likeness (QED) is 0.822. The van der Waals surface area contributed by atoms with E-state index < -0.39 is 0 Å². The summed E-state index contributed by atoms with van der Waals surface area (Å²) in [6, 6.07) is 5.70. The second-order valence-electron chi connectivity index (χ2n) is 3.95. The molecule has 2 rings (SSSR count). The number of thiocarbonyl (C=S) groups is 1.